The first-order valence-corrected chi connectivity index (χ1v) is 4.14. The lowest BCUT2D eigenvalue weighted by atomic mass is 9.93. The second-order valence-electron chi connectivity index (χ2n) is 3.15. The molecule has 0 aromatic carbocycles. The summed E-state index contributed by atoms with van der Waals surface area (Å²) in [4.78, 5) is 0. The van der Waals surface area contributed by atoms with Gasteiger partial charge in [0.2, 0.25) is 0 Å². The molecule has 56 valence electrons. The minimum Gasteiger partial charge on any atom is -0.0879 e. The van der Waals surface area contributed by atoms with Gasteiger partial charge in [0, 0.05) is 0 Å². The van der Waals surface area contributed by atoms with Crippen LogP contribution in [0.25, 0.3) is 0 Å². The molecule has 0 saturated heterocycles. The van der Waals surface area contributed by atoms with E-state index in [2.05, 4.69) is 38.2 Å². The molecule has 0 heterocycles. The quantitative estimate of drug-likeness (QED) is 0.449. The summed E-state index contributed by atoms with van der Waals surface area (Å²) in [7, 11) is 0. The van der Waals surface area contributed by atoms with Crippen LogP contribution in [-0.2, 0) is 0 Å². The molecule has 0 fully saturated rings. The Hall–Kier alpha value is -0.520. The molecular formula is C10H16. The maximum absolute atomic E-state index is 2.33. The molecule has 0 amide bonds. The highest BCUT2D eigenvalue weighted by atomic mass is 14.1. The second kappa shape index (κ2) is 3.60. The van der Waals surface area contributed by atoms with Crippen molar-refractivity contribution in [2.45, 2.75) is 26.7 Å². The van der Waals surface area contributed by atoms with Crippen LogP contribution in [0.1, 0.15) is 26.7 Å². The largest absolute Gasteiger partial charge is 0.0879 e. The molecule has 0 N–H and O–H groups in total. The smallest absolute Gasteiger partial charge is 0.0202 e. The van der Waals surface area contributed by atoms with Gasteiger partial charge in [-0.05, 0) is 24.7 Å². The summed E-state index contributed by atoms with van der Waals surface area (Å²) in [5.41, 5.74) is 0. The van der Waals surface area contributed by atoms with Crippen LogP contribution in [0.5, 0.6) is 0 Å². The molecular weight excluding hydrogens is 120 g/mol. The van der Waals surface area contributed by atoms with E-state index in [1.165, 1.54) is 12.8 Å². The average molecular weight is 136 g/mol. The van der Waals surface area contributed by atoms with Crippen molar-refractivity contribution >= 4 is 0 Å². The first kappa shape index (κ1) is 7.59. The molecule has 0 heteroatoms. The molecule has 0 spiro atoms. The Morgan fingerprint density at radius 2 is 1.30 bits per heavy atom. The zero-order chi connectivity index (χ0) is 7.40. The van der Waals surface area contributed by atoms with Crippen molar-refractivity contribution < 1.29 is 0 Å². The summed E-state index contributed by atoms with van der Waals surface area (Å²) in [6.45, 7) is 4.55. The maximum atomic E-state index is 2.33. The van der Waals surface area contributed by atoms with Gasteiger partial charge in [-0.15, -0.1) is 0 Å². The minimum absolute atomic E-state index is 0.719. The van der Waals surface area contributed by atoms with Crippen molar-refractivity contribution in [2.24, 2.45) is 11.8 Å². The highest BCUT2D eigenvalue weighted by Gasteiger charge is 2.05. The number of hydrogen-bond donors (Lipinski definition) is 0. The summed E-state index contributed by atoms with van der Waals surface area (Å²) >= 11 is 0. The Kier molecular flexibility index (Phi) is 2.73. The third-order valence-electron chi connectivity index (χ3n) is 2.21. The lowest BCUT2D eigenvalue weighted by Gasteiger charge is -2.13. The molecule has 0 aromatic rings. The molecule has 1 aliphatic rings. The van der Waals surface area contributed by atoms with Gasteiger partial charge in [0.25, 0.3) is 0 Å². The predicted octanol–water partition coefficient (Wildman–Crippen LogP) is 3.16. The van der Waals surface area contributed by atoms with Crippen molar-refractivity contribution in [3.05, 3.63) is 24.3 Å². The van der Waals surface area contributed by atoms with E-state index in [0.717, 1.165) is 11.8 Å². The van der Waals surface area contributed by atoms with E-state index in [1.807, 2.05) is 0 Å². The van der Waals surface area contributed by atoms with Gasteiger partial charge in [-0.25, -0.2) is 0 Å². The standard InChI is InChI=1S/C10H16/c1-9-7-5-3-4-6-8-10(9)2/h5-10H,3-4H2,1-2H3/b7-5-,8-6-. The highest BCUT2D eigenvalue weighted by Crippen LogP contribution is 2.16. The van der Waals surface area contributed by atoms with E-state index < -0.39 is 0 Å². The van der Waals surface area contributed by atoms with Crippen LogP contribution in [0.3, 0.4) is 0 Å². The van der Waals surface area contributed by atoms with Gasteiger partial charge in [0.15, 0.2) is 0 Å². The lowest BCUT2D eigenvalue weighted by molar-refractivity contribution is 0.552. The van der Waals surface area contributed by atoms with Gasteiger partial charge in [0.05, 0.1) is 0 Å². The Labute approximate surface area is 63.6 Å². The minimum atomic E-state index is 0.719. The van der Waals surface area contributed by atoms with E-state index >= 15 is 0 Å². The number of allylic oxidation sites excluding steroid dienone is 4. The van der Waals surface area contributed by atoms with E-state index in [1.54, 1.807) is 0 Å². The summed E-state index contributed by atoms with van der Waals surface area (Å²) in [5.74, 6) is 1.44. The highest BCUT2D eigenvalue weighted by molar-refractivity contribution is 5.00. The molecule has 1 aliphatic carbocycles. The normalized spacial score (nSPS) is 39.8. The molecule has 0 aromatic heterocycles. The summed E-state index contributed by atoms with van der Waals surface area (Å²) in [6, 6.07) is 0. The van der Waals surface area contributed by atoms with E-state index in [4.69, 9.17) is 0 Å². The molecule has 0 saturated carbocycles. The SMILES string of the molecule is CC1/C=C\CC/C=C\C1C. The van der Waals surface area contributed by atoms with Crippen molar-refractivity contribution in [3.8, 4) is 0 Å². The Bertz CT molecular complexity index is 124. The zero-order valence-corrected chi connectivity index (χ0v) is 6.88. The molecule has 2 atom stereocenters. The monoisotopic (exact) mass is 136 g/mol. The Morgan fingerprint density at radius 1 is 0.900 bits per heavy atom. The van der Waals surface area contributed by atoms with Gasteiger partial charge in [0.1, 0.15) is 0 Å². The van der Waals surface area contributed by atoms with E-state index in [9.17, 15) is 0 Å². The third-order valence-corrected chi connectivity index (χ3v) is 2.21. The molecule has 0 radical (unpaired) electrons. The van der Waals surface area contributed by atoms with Crippen LogP contribution in [-0.4, -0.2) is 0 Å². The van der Waals surface area contributed by atoms with E-state index in [-0.39, 0.29) is 0 Å². The molecule has 0 bridgehead atoms. The summed E-state index contributed by atoms with van der Waals surface area (Å²) in [6.07, 6.45) is 11.7. The van der Waals surface area contributed by atoms with Gasteiger partial charge in [-0.3, -0.25) is 0 Å². The summed E-state index contributed by atoms with van der Waals surface area (Å²) in [5, 5.41) is 0. The van der Waals surface area contributed by atoms with Gasteiger partial charge >= 0.3 is 0 Å². The van der Waals surface area contributed by atoms with Crippen molar-refractivity contribution in [3.63, 3.8) is 0 Å². The van der Waals surface area contributed by atoms with Crippen LogP contribution in [0.15, 0.2) is 24.3 Å². The summed E-state index contributed by atoms with van der Waals surface area (Å²) < 4.78 is 0. The number of rotatable bonds is 0. The Balaban J connectivity index is 2.55. The topological polar surface area (TPSA) is 0 Å². The first-order valence-electron chi connectivity index (χ1n) is 4.14. The van der Waals surface area contributed by atoms with Crippen LogP contribution in [0.4, 0.5) is 0 Å². The van der Waals surface area contributed by atoms with E-state index in [0.29, 0.717) is 0 Å². The third kappa shape index (κ3) is 2.02. The molecule has 0 nitrogen and oxygen atoms in total. The molecule has 1 rings (SSSR count). The van der Waals surface area contributed by atoms with Gasteiger partial charge in [-0.2, -0.15) is 0 Å². The van der Waals surface area contributed by atoms with Crippen molar-refractivity contribution in [1.29, 1.82) is 0 Å². The van der Waals surface area contributed by atoms with Crippen molar-refractivity contribution in [2.75, 3.05) is 0 Å². The fraction of sp³-hybridized carbons (Fsp3) is 0.600. The predicted molar refractivity (Wildman–Crippen MR) is 45.8 cm³/mol. The van der Waals surface area contributed by atoms with Gasteiger partial charge in [-0.1, -0.05) is 38.2 Å². The second-order valence-corrected chi connectivity index (χ2v) is 3.15. The van der Waals surface area contributed by atoms with Crippen LogP contribution in [0, 0.1) is 11.8 Å². The van der Waals surface area contributed by atoms with Crippen molar-refractivity contribution in [1.82, 2.24) is 0 Å². The number of hydrogen-bond acceptors (Lipinski definition) is 0. The fourth-order valence-electron chi connectivity index (χ4n) is 1.16. The first-order chi connectivity index (χ1) is 4.80. The molecule has 10 heavy (non-hydrogen) atoms. The lowest BCUT2D eigenvalue weighted by Crippen LogP contribution is -2.02. The fourth-order valence-corrected chi connectivity index (χ4v) is 1.16. The average Bonchev–Trinajstić information content (AvgIpc) is 1.92. The van der Waals surface area contributed by atoms with Gasteiger partial charge < -0.3 is 0 Å². The van der Waals surface area contributed by atoms with Crippen LogP contribution in [0.2, 0.25) is 0 Å². The molecule has 0 aliphatic heterocycles. The van der Waals surface area contributed by atoms with Crippen LogP contribution < -0.4 is 0 Å². The Morgan fingerprint density at radius 3 is 1.70 bits per heavy atom. The maximum Gasteiger partial charge on any atom is -0.0202 e. The zero-order valence-electron chi connectivity index (χ0n) is 6.88. The van der Waals surface area contributed by atoms with Crippen LogP contribution >= 0.6 is 0 Å². The molecule has 2 unspecified atom stereocenters.